The number of amides is 1. The molecule has 0 aliphatic heterocycles. The number of halogens is 2. The zero-order valence-corrected chi connectivity index (χ0v) is 10.3. The molecule has 0 radical (unpaired) electrons. The Hall–Kier alpha value is -0.770. The molecule has 1 amide bonds. The molecule has 1 unspecified atom stereocenters. The van der Waals surface area contributed by atoms with E-state index in [0.29, 0.717) is 28.6 Å². The molecule has 0 heterocycles. The van der Waals surface area contributed by atoms with Gasteiger partial charge in [0, 0.05) is 22.2 Å². The number of carbonyl (C=O) groups is 1. The zero-order chi connectivity index (χ0) is 12.1. The topological polar surface area (TPSA) is 49.3 Å². The minimum atomic E-state index is -0.428. The van der Waals surface area contributed by atoms with Gasteiger partial charge in [-0.1, -0.05) is 23.2 Å². The summed E-state index contributed by atoms with van der Waals surface area (Å²) in [5, 5.41) is 12.5. The van der Waals surface area contributed by atoms with Crippen molar-refractivity contribution in [3.63, 3.8) is 0 Å². The van der Waals surface area contributed by atoms with Gasteiger partial charge in [-0.25, -0.2) is 0 Å². The third-order valence-electron chi connectivity index (χ3n) is 1.97. The van der Waals surface area contributed by atoms with Crippen LogP contribution in [0, 0.1) is 0 Å². The van der Waals surface area contributed by atoms with E-state index >= 15 is 0 Å². The smallest absolute Gasteiger partial charge is 0.251 e. The maximum Gasteiger partial charge on any atom is 0.251 e. The third-order valence-corrected chi connectivity index (χ3v) is 2.41. The van der Waals surface area contributed by atoms with Crippen molar-refractivity contribution >= 4 is 29.1 Å². The van der Waals surface area contributed by atoms with Crippen LogP contribution in [-0.2, 0) is 0 Å². The fourth-order valence-electron chi connectivity index (χ4n) is 1.18. The Morgan fingerprint density at radius 3 is 2.44 bits per heavy atom. The van der Waals surface area contributed by atoms with Crippen LogP contribution in [0.25, 0.3) is 0 Å². The average Bonchev–Trinajstić information content (AvgIpc) is 2.15. The van der Waals surface area contributed by atoms with E-state index in [0.717, 1.165) is 0 Å². The Kier molecular flexibility index (Phi) is 5.06. The summed E-state index contributed by atoms with van der Waals surface area (Å²) in [4.78, 5) is 11.6. The summed E-state index contributed by atoms with van der Waals surface area (Å²) in [6.07, 6.45) is 0.0864. The Morgan fingerprint density at radius 2 is 1.94 bits per heavy atom. The highest BCUT2D eigenvalue weighted by molar-refractivity contribution is 6.35. The van der Waals surface area contributed by atoms with Crippen molar-refractivity contribution in [2.75, 3.05) is 6.54 Å². The van der Waals surface area contributed by atoms with Crippen molar-refractivity contribution in [1.82, 2.24) is 5.32 Å². The van der Waals surface area contributed by atoms with Crippen LogP contribution < -0.4 is 5.32 Å². The minimum absolute atomic E-state index is 0.245. The number of hydrogen-bond donors (Lipinski definition) is 2. The van der Waals surface area contributed by atoms with Gasteiger partial charge in [-0.3, -0.25) is 4.79 Å². The number of aliphatic hydroxyl groups excluding tert-OH is 1. The van der Waals surface area contributed by atoms with Gasteiger partial charge in [0.2, 0.25) is 0 Å². The van der Waals surface area contributed by atoms with Crippen LogP contribution in [0.15, 0.2) is 18.2 Å². The second kappa shape index (κ2) is 6.09. The molecule has 2 N–H and O–H groups in total. The predicted molar refractivity (Wildman–Crippen MR) is 65.1 cm³/mol. The molecule has 0 aromatic heterocycles. The monoisotopic (exact) mass is 261 g/mol. The lowest BCUT2D eigenvalue weighted by atomic mass is 10.2. The van der Waals surface area contributed by atoms with Crippen LogP contribution in [0.2, 0.25) is 10.0 Å². The summed E-state index contributed by atoms with van der Waals surface area (Å²) < 4.78 is 0. The predicted octanol–water partition coefficient (Wildman–Crippen LogP) is 2.49. The van der Waals surface area contributed by atoms with Crippen LogP contribution >= 0.6 is 23.2 Å². The SMILES string of the molecule is CC(O)CCNC(=O)c1cc(Cl)cc(Cl)c1. The van der Waals surface area contributed by atoms with Crippen LogP contribution in [0.5, 0.6) is 0 Å². The van der Waals surface area contributed by atoms with Gasteiger partial charge in [0.05, 0.1) is 6.10 Å². The fraction of sp³-hybridized carbons (Fsp3) is 0.364. The van der Waals surface area contributed by atoms with Gasteiger partial charge in [-0.2, -0.15) is 0 Å². The first kappa shape index (κ1) is 13.3. The lowest BCUT2D eigenvalue weighted by Gasteiger charge is -2.07. The number of aliphatic hydroxyl groups is 1. The summed E-state index contributed by atoms with van der Waals surface area (Å²) >= 11 is 11.5. The van der Waals surface area contributed by atoms with E-state index in [4.69, 9.17) is 28.3 Å². The number of carbonyl (C=O) groups excluding carboxylic acids is 1. The Balaban J connectivity index is 2.59. The quantitative estimate of drug-likeness (QED) is 0.875. The van der Waals surface area contributed by atoms with Gasteiger partial charge in [0.1, 0.15) is 0 Å². The normalized spacial score (nSPS) is 12.2. The van der Waals surface area contributed by atoms with Crippen molar-refractivity contribution in [1.29, 1.82) is 0 Å². The Morgan fingerprint density at radius 1 is 1.38 bits per heavy atom. The maximum absolute atomic E-state index is 11.6. The summed E-state index contributed by atoms with van der Waals surface area (Å²) in [7, 11) is 0. The number of benzene rings is 1. The zero-order valence-electron chi connectivity index (χ0n) is 8.84. The number of nitrogens with one attached hydrogen (secondary N) is 1. The van der Waals surface area contributed by atoms with Crippen molar-refractivity contribution in [3.05, 3.63) is 33.8 Å². The van der Waals surface area contributed by atoms with E-state index in [1.807, 2.05) is 0 Å². The summed E-state index contributed by atoms with van der Waals surface area (Å²) in [6, 6.07) is 4.66. The van der Waals surface area contributed by atoms with Crippen LogP contribution in [0.4, 0.5) is 0 Å². The van der Waals surface area contributed by atoms with E-state index in [2.05, 4.69) is 5.32 Å². The van der Waals surface area contributed by atoms with Crippen LogP contribution in [-0.4, -0.2) is 23.7 Å². The second-order valence-corrected chi connectivity index (χ2v) is 4.42. The molecule has 0 spiro atoms. The standard InChI is InChI=1S/C11H13Cl2NO2/c1-7(15)2-3-14-11(16)8-4-9(12)6-10(13)5-8/h4-7,15H,2-3H2,1H3,(H,14,16). The molecule has 0 saturated carbocycles. The number of hydrogen-bond acceptors (Lipinski definition) is 2. The van der Waals surface area contributed by atoms with E-state index in [9.17, 15) is 4.79 Å². The van der Waals surface area contributed by atoms with Crippen molar-refractivity contribution < 1.29 is 9.90 Å². The third kappa shape index (κ3) is 4.39. The average molecular weight is 262 g/mol. The second-order valence-electron chi connectivity index (χ2n) is 3.55. The summed E-state index contributed by atoms with van der Waals surface area (Å²) in [5.74, 6) is -0.245. The molecule has 3 nitrogen and oxygen atoms in total. The van der Waals surface area contributed by atoms with Gasteiger partial charge in [-0.15, -0.1) is 0 Å². The highest BCUT2D eigenvalue weighted by Crippen LogP contribution is 2.18. The Labute approximate surface area is 104 Å². The van der Waals surface area contributed by atoms with Crippen LogP contribution in [0.1, 0.15) is 23.7 Å². The first-order valence-corrected chi connectivity index (χ1v) is 5.67. The maximum atomic E-state index is 11.6. The molecule has 16 heavy (non-hydrogen) atoms. The highest BCUT2D eigenvalue weighted by Gasteiger charge is 2.07. The van der Waals surface area contributed by atoms with Gasteiger partial charge in [0.15, 0.2) is 0 Å². The fourth-order valence-corrected chi connectivity index (χ4v) is 1.71. The first-order chi connectivity index (χ1) is 7.49. The lowest BCUT2D eigenvalue weighted by Crippen LogP contribution is -2.26. The summed E-state index contributed by atoms with van der Waals surface area (Å²) in [5.41, 5.74) is 0.420. The number of rotatable bonds is 4. The van der Waals surface area contributed by atoms with Gasteiger partial charge >= 0.3 is 0 Å². The summed E-state index contributed by atoms with van der Waals surface area (Å²) in [6.45, 7) is 2.09. The molecule has 0 fully saturated rings. The minimum Gasteiger partial charge on any atom is -0.393 e. The van der Waals surface area contributed by atoms with Gasteiger partial charge in [0.25, 0.3) is 5.91 Å². The molecule has 1 atom stereocenters. The largest absolute Gasteiger partial charge is 0.393 e. The van der Waals surface area contributed by atoms with Gasteiger partial charge in [-0.05, 0) is 31.5 Å². The van der Waals surface area contributed by atoms with E-state index in [1.54, 1.807) is 25.1 Å². The molecular weight excluding hydrogens is 249 g/mol. The molecule has 88 valence electrons. The molecule has 0 bridgehead atoms. The molecule has 0 aliphatic carbocycles. The molecular formula is C11H13Cl2NO2. The first-order valence-electron chi connectivity index (χ1n) is 4.91. The van der Waals surface area contributed by atoms with E-state index in [-0.39, 0.29) is 5.91 Å². The van der Waals surface area contributed by atoms with Crippen molar-refractivity contribution in [2.45, 2.75) is 19.4 Å². The van der Waals surface area contributed by atoms with Crippen molar-refractivity contribution in [3.8, 4) is 0 Å². The highest BCUT2D eigenvalue weighted by atomic mass is 35.5. The molecule has 1 rings (SSSR count). The van der Waals surface area contributed by atoms with E-state index < -0.39 is 6.10 Å². The molecule has 0 aliphatic rings. The Bertz CT molecular complexity index is 360. The van der Waals surface area contributed by atoms with Crippen LogP contribution in [0.3, 0.4) is 0 Å². The molecule has 5 heteroatoms. The molecule has 1 aromatic rings. The molecule has 1 aromatic carbocycles. The molecule has 0 saturated heterocycles. The van der Waals surface area contributed by atoms with Gasteiger partial charge < -0.3 is 10.4 Å². The lowest BCUT2D eigenvalue weighted by molar-refractivity contribution is 0.0945. The van der Waals surface area contributed by atoms with Crippen molar-refractivity contribution in [2.24, 2.45) is 0 Å². The van der Waals surface area contributed by atoms with E-state index in [1.165, 1.54) is 0 Å².